The van der Waals surface area contributed by atoms with Gasteiger partial charge in [-0.3, -0.25) is 5.10 Å². The summed E-state index contributed by atoms with van der Waals surface area (Å²) in [4.78, 5) is 0. The van der Waals surface area contributed by atoms with Crippen LogP contribution in [0.4, 0.5) is 5.82 Å². The Bertz CT molecular complexity index is 635. The minimum Gasteiger partial charge on any atom is -0.384 e. The van der Waals surface area contributed by atoms with E-state index in [1.807, 2.05) is 18.2 Å². The highest BCUT2D eigenvalue weighted by Gasteiger charge is 2.07. The second-order valence-corrected chi connectivity index (χ2v) is 3.72. The lowest BCUT2D eigenvalue weighted by Gasteiger charge is -2.04. The standard InChI is InChI=1S/C13H11N3/c14-13-12(8-15-16-13)11-7-3-5-9-4-1-2-6-10(9)11/h1-8H,(H3,14,15,16). The minimum atomic E-state index is 0.608. The van der Waals surface area contributed by atoms with Gasteiger partial charge in [0.15, 0.2) is 0 Å². The summed E-state index contributed by atoms with van der Waals surface area (Å²) in [5, 5.41) is 9.12. The van der Waals surface area contributed by atoms with Crippen LogP contribution in [0.3, 0.4) is 0 Å². The summed E-state index contributed by atoms with van der Waals surface area (Å²) in [6.45, 7) is 0. The van der Waals surface area contributed by atoms with E-state index in [1.165, 1.54) is 10.8 Å². The van der Waals surface area contributed by atoms with E-state index in [0.29, 0.717) is 5.82 Å². The summed E-state index contributed by atoms with van der Waals surface area (Å²) in [6, 6.07) is 14.4. The number of hydrogen-bond acceptors (Lipinski definition) is 2. The number of aromatic amines is 1. The molecule has 1 aromatic heterocycles. The van der Waals surface area contributed by atoms with Crippen molar-refractivity contribution in [2.24, 2.45) is 0 Å². The van der Waals surface area contributed by atoms with Crippen LogP contribution < -0.4 is 5.73 Å². The Kier molecular flexibility index (Phi) is 1.90. The number of aromatic nitrogens is 2. The number of nitrogen functional groups attached to an aromatic ring is 1. The molecule has 0 saturated carbocycles. The van der Waals surface area contributed by atoms with Gasteiger partial charge in [0.2, 0.25) is 0 Å². The zero-order chi connectivity index (χ0) is 11.0. The molecule has 0 unspecified atom stereocenters. The second-order valence-electron chi connectivity index (χ2n) is 3.72. The van der Waals surface area contributed by atoms with Crippen molar-refractivity contribution in [3.63, 3.8) is 0 Å². The molecule has 3 rings (SSSR count). The van der Waals surface area contributed by atoms with Gasteiger partial charge in [0.25, 0.3) is 0 Å². The fraction of sp³-hybridized carbons (Fsp3) is 0. The first kappa shape index (κ1) is 8.97. The van der Waals surface area contributed by atoms with E-state index in [-0.39, 0.29) is 0 Å². The van der Waals surface area contributed by atoms with Gasteiger partial charge in [-0.2, -0.15) is 5.10 Å². The van der Waals surface area contributed by atoms with Crippen molar-refractivity contribution in [3.8, 4) is 11.1 Å². The number of nitrogens with zero attached hydrogens (tertiary/aromatic N) is 1. The minimum absolute atomic E-state index is 0.608. The summed E-state index contributed by atoms with van der Waals surface area (Å²) < 4.78 is 0. The van der Waals surface area contributed by atoms with Crippen LogP contribution in [0, 0.1) is 0 Å². The number of nitrogens with one attached hydrogen (secondary N) is 1. The number of rotatable bonds is 1. The van der Waals surface area contributed by atoms with Gasteiger partial charge in [-0.05, 0) is 16.3 Å². The molecule has 0 atom stereocenters. The molecule has 1 heterocycles. The summed E-state index contributed by atoms with van der Waals surface area (Å²) in [7, 11) is 0. The lowest BCUT2D eigenvalue weighted by Crippen LogP contribution is -1.88. The van der Waals surface area contributed by atoms with E-state index >= 15 is 0 Å². The molecule has 2 aromatic carbocycles. The number of H-pyrrole nitrogens is 1. The highest BCUT2D eigenvalue weighted by molar-refractivity contribution is 5.98. The molecule has 0 amide bonds. The number of hydrogen-bond donors (Lipinski definition) is 2. The molecule has 16 heavy (non-hydrogen) atoms. The van der Waals surface area contributed by atoms with Crippen molar-refractivity contribution in [3.05, 3.63) is 48.7 Å². The molecule has 78 valence electrons. The van der Waals surface area contributed by atoms with Crippen molar-refractivity contribution in [2.75, 3.05) is 5.73 Å². The van der Waals surface area contributed by atoms with Gasteiger partial charge in [-0.15, -0.1) is 0 Å². The highest BCUT2D eigenvalue weighted by Crippen LogP contribution is 2.30. The molecule has 0 saturated heterocycles. The summed E-state index contributed by atoms with van der Waals surface area (Å²) in [6.07, 6.45) is 1.76. The molecule has 0 aliphatic carbocycles. The Morgan fingerprint density at radius 3 is 2.56 bits per heavy atom. The van der Waals surface area contributed by atoms with Gasteiger partial charge in [-0.1, -0.05) is 42.5 Å². The van der Waals surface area contributed by atoms with E-state index in [1.54, 1.807) is 6.20 Å². The molecule has 0 radical (unpaired) electrons. The average Bonchev–Trinajstić information content (AvgIpc) is 2.75. The van der Waals surface area contributed by atoms with Crippen LogP contribution in [0.15, 0.2) is 48.7 Å². The largest absolute Gasteiger partial charge is 0.384 e. The molecule has 0 fully saturated rings. The summed E-state index contributed by atoms with van der Waals surface area (Å²) >= 11 is 0. The molecule has 0 aliphatic heterocycles. The number of anilines is 1. The lowest BCUT2D eigenvalue weighted by atomic mass is 10.0. The van der Waals surface area contributed by atoms with Crippen LogP contribution >= 0.6 is 0 Å². The zero-order valence-corrected chi connectivity index (χ0v) is 8.64. The van der Waals surface area contributed by atoms with Gasteiger partial charge < -0.3 is 5.73 Å². The average molecular weight is 209 g/mol. The van der Waals surface area contributed by atoms with Crippen LogP contribution in [-0.2, 0) is 0 Å². The van der Waals surface area contributed by atoms with Gasteiger partial charge in [0.05, 0.1) is 6.20 Å². The molecule has 3 N–H and O–H groups in total. The van der Waals surface area contributed by atoms with Crippen molar-refractivity contribution >= 4 is 16.6 Å². The first-order valence-electron chi connectivity index (χ1n) is 5.13. The summed E-state index contributed by atoms with van der Waals surface area (Å²) in [5.41, 5.74) is 7.92. The molecule has 0 bridgehead atoms. The quantitative estimate of drug-likeness (QED) is 0.647. The molecular formula is C13H11N3. The molecule has 3 nitrogen and oxygen atoms in total. The van der Waals surface area contributed by atoms with E-state index < -0.39 is 0 Å². The molecule has 0 spiro atoms. The third-order valence-electron chi connectivity index (χ3n) is 2.75. The molecule has 0 aliphatic rings. The zero-order valence-electron chi connectivity index (χ0n) is 8.64. The highest BCUT2D eigenvalue weighted by atomic mass is 15.1. The Labute approximate surface area is 92.9 Å². The number of benzene rings is 2. The first-order chi connectivity index (χ1) is 7.86. The van der Waals surface area contributed by atoms with Crippen LogP contribution in [0.1, 0.15) is 0 Å². The molecule has 3 heteroatoms. The smallest absolute Gasteiger partial charge is 0.126 e. The number of nitrogens with two attached hydrogens (primary N) is 1. The maximum atomic E-state index is 5.85. The van der Waals surface area contributed by atoms with Gasteiger partial charge >= 0.3 is 0 Å². The fourth-order valence-electron chi connectivity index (χ4n) is 1.97. The second kappa shape index (κ2) is 3.38. The Balaban J connectivity index is 2.36. The SMILES string of the molecule is Nc1[nH]ncc1-c1cccc2ccccc12. The predicted molar refractivity (Wildman–Crippen MR) is 65.9 cm³/mol. The fourth-order valence-corrected chi connectivity index (χ4v) is 1.97. The van der Waals surface area contributed by atoms with Crippen molar-refractivity contribution in [1.29, 1.82) is 0 Å². The Morgan fingerprint density at radius 2 is 1.75 bits per heavy atom. The maximum absolute atomic E-state index is 5.85. The molecular weight excluding hydrogens is 198 g/mol. The van der Waals surface area contributed by atoms with Crippen molar-refractivity contribution in [1.82, 2.24) is 10.2 Å². The van der Waals surface area contributed by atoms with Crippen LogP contribution in [-0.4, -0.2) is 10.2 Å². The third-order valence-corrected chi connectivity index (χ3v) is 2.75. The predicted octanol–water partition coefficient (Wildman–Crippen LogP) is 2.81. The van der Waals surface area contributed by atoms with E-state index in [9.17, 15) is 0 Å². The van der Waals surface area contributed by atoms with Gasteiger partial charge in [0, 0.05) is 5.56 Å². The third kappa shape index (κ3) is 1.26. The van der Waals surface area contributed by atoms with E-state index in [2.05, 4.69) is 34.5 Å². The van der Waals surface area contributed by atoms with Crippen molar-refractivity contribution < 1.29 is 0 Å². The molecule has 3 aromatic rings. The Morgan fingerprint density at radius 1 is 0.938 bits per heavy atom. The maximum Gasteiger partial charge on any atom is 0.126 e. The first-order valence-corrected chi connectivity index (χ1v) is 5.13. The van der Waals surface area contributed by atoms with Crippen LogP contribution in [0.5, 0.6) is 0 Å². The number of fused-ring (bicyclic) bond motifs is 1. The van der Waals surface area contributed by atoms with Gasteiger partial charge in [0.1, 0.15) is 5.82 Å². The Hall–Kier alpha value is -2.29. The van der Waals surface area contributed by atoms with Gasteiger partial charge in [-0.25, -0.2) is 0 Å². The normalized spacial score (nSPS) is 10.8. The monoisotopic (exact) mass is 209 g/mol. The topological polar surface area (TPSA) is 54.7 Å². The lowest BCUT2D eigenvalue weighted by molar-refractivity contribution is 1.10. The van der Waals surface area contributed by atoms with Crippen LogP contribution in [0.25, 0.3) is 21.9 Å². The van der Waals surface area contributed by atoms with Crippen LogP contribution in [0.2, 0.25) is 0 Å². The van der Waals surface area contributed by atoms with Crippen molar-refractivity contribution in [2.45, 2.75) is 0 Å². The van der Waals surface area contributed by atoms with E-state index in [0.717, 1.165) is 11.1 Å². The van der Waals surface area contributed by atoms with E-state index in [4.69, 9.17) is 5.73 Å². The summed E-state index contributed by atoms with van der Waals surface area (Å²) in [5.74, 6) is 0.608.